The lowest BCUT2D eigenvalue weighted by Crippen LogP contribution is -2.42. The van der Waals surface area contributed by atoms with E-state index in [0.717, 1.165) is 18.4 Å². The highest BCUT2D eigenvalue weighted by Crippen LogP contribution is 2.25. The number of amides is 1. The lowest BCUT2D eigenvalue weighted by Gasteiger charge is -2.19. The molecule has 0 saturated carbocycles. The highest BCUT2D eigenvalue weighted by atomic mass is 32.2. The number of rotatable bonds is 9. The number of carboxylic acid groups (broad SMARTS) is 1. The van der Waals surface area contributed by atoms with Gasteiger partial charge in [0.25, 0.3) is 5.91 Å². The smallest absolute Gasteiger partial charge is 0.318 e. The summed E-state index contributed by atoms with van der Waals surface area (Å²) in [5, 5.41) is 17.5. The molecule has 0 aliphatic heterocycles. The third kappa shape index (κ3) is 6.00. The van der Waals surface area contributed by atoms with Gasteiger partial charge in [0.2, 0.25) is 10.0 Å². The molecule has 0 spiro atoms. The highest BCUT2D eigenvalue weighted by Gasteiger charge is 2.28. The minimum absolute atomic E-state index is 0.113. The van der Waals surface area contributed by atoms with E-state index in [2.05, 4.69) is 0 Å². The van der Waals surface area contributed by atoms with Crippen LogP contribution in [0.5, 0.6) is 11.5 Å². The minimum Gasteiger partial charge on any atom is -0.480 e. The number of carboxylic acids is 1. The van der Waals surface area contributed by atoms with Crippen LogP contribution in [-0.4, -0.2) is 62.7 Å². The SMILES string of the molecule is CS(=O)(=O)c1ccc(Oc2ccc(S(=O)(=O)N(CC(=O)O)CC(=O)NO)cc2)cc1. The maximum atomic E-state index is 12.6. The summed E-state index contributed by atoms with van der Waals surface area (Å²) in [6, 6.07) is 10.5. The number of sulfonamides is 1. The van der Waals surface area contributed by atoms with Crippen molar-refractivity contribution in [2.45, 2.75) is 9.79 Å². The van der Waals surface area contributed by atoms with Crippen molar-refractivity contribution < 1.29 is 41.5 Å². The Labute approximate surface area is 172 Å². The Morgan fingerprint density at radius 3 is 1.77 bits per heavy atom. The first kappa shape index (κ1) is 23.3. The van der Waals surface area contributed by atoms with Gasteiger partial charge in [0.15, 0.2) is 9.84 Å². The number of hydrogen-bond acceptors (Lipinski definition) is 8. The van der Waals surface area contributed by atoms with Gasteiger partial charge in [-0.2, -0.15) is 4.31 Å². The zero-order chi connectivity index (χ0) is 22.5. The van der Waals surface area contributed by atoms with Gasteiger partial charge in [-0.25, -0.2) is 22.3 Å². The Bertz CT molecular complexity index is 1130. The van der Waals surface area contributed by atoms with Crippen LogP contribution in [0.15, 0.2) is 58.3 Å². The Balaban J connectivity index is 2.22. The van der Waals surface area contributed by atoms with E-state index >= 15 is 0 Å². The largest absolute Gasteiger partial charge is 0.480 e. The van der Waals surface area contributed by atoms with Crippen molar-refractivity contribution in [3.05, 3.63) is 48.5 Å². The highest BCUT2D eigenvalue weighted by molar-refractivity contribution is 7.90. The predicted octanol–water partition coefficient (Wildman–Crippen LogP) is 0.463. The number of hydroxylamine groups is 1. The molecular formula is C17H18N2O9S2. The molecule has 1 amide bonds. The van der Waals surface area contributed by atoms with Crippen molar-refractivity contribution in [3.8, 4) is 11.5 Å². The summed E-state index contributed by atoms with van der Waals surface area (Å²) in [6.07, 6.45) is 1.07. The zero-order valence-electron chi connectivity index (χ0n) is 15.5. The lowest BCUT2D eigenvalue weighted by molar-refractivity contribution is -0.137. The van der Waals surface area contributed by atoms with E-state index in [0.29, 0.717) is 10.1 Å². The molecule has 2 aromatic carbocycles. The molecular weight excluding hydrogens is 440 g/mol. The number of sulfone groups is 1. The molecule has 0 atom stereocenters. The van der Waals surface area contributed by atoms with Crippen LogP contribution in [0.3, 0.4) is 0 Å². The van der Waals surface area contributed by atoms with Crippen molar-refractivity contribution >= 4 is 31.7 Å². The maximum absolute atomic E-state index is 12.6. The maximum Gasteiger partial charge on any atom is 0.318 e. The Hall–Kier alpha value is -3.00. The summed E-state index contributed by atoms with van der Waals surface area (Å²) in [6.45, 7) is -1.88. The van der Waals surface area contributed by atoms with Crippen LogP contribution in [0.1, 0.15) is 0 Å². The first-order valence-electron chi connectivity index (χ1n) is 8.16. The van der Waals surface area contributed by atoms with E-state index < -0.39 is 44.8 Å². The van der Waals surface area contributed by atoms with E-state index in [4.69, 9.17) is 15.1 Å². The zero-order valence-corrected chi connectivity index (χ0v) is 17.2. The van der Waals surface area contributed by atoms with Crippen LogP contribution in [-0.2, 0) is 29.4 Å². The molecule has 3 N–H and O–H groups in total. The van der Waals surface area contributed by atoms with Gasteiger partial charge >= 0.3 is 5.97 Å². The van der Waals surface area contributed by atoms with Crippen molar-refractivity contribution in [1.82, 2.24) is 9.79 Å². The molecule has 0 fully saturated rings. The topological polar surface area (TPSA) is 167 Å². The normalized spacial score (nSPS) is 11.8. The second kappa shape index (κ2) is 9.21. The third-order valence-corrected chi connectivity index (χ3v) is 6.64. The van der Waals surface area contributed by atoms with Gasteiger partial charge < -0.3 is 9.84 Å². The number of benzene rings is 2. The minimum atomic E-state index is -4.35. The molecule has 0 heterocycles. The first-order valence-corrected chi connectivity index (χ1v) is 11.5. The van der Waals surface area contributed by atoms with Crippen molar-refractivity contribution in [1.29, 1.82) is 0 Å². The average molecular weight is 458 g/mol. The van der Waals surface area contributed by atoms with Crippen molar-refractivity contribution in [3.63, 3.8) is 0 Å². The predicted molar refractivity (Wildman–Crippen MR) is 102 cm³/mol. The fraction of sp³-hybridized carbons (Fsp3) is 0.176. The number of nitrogens with one attached hydrogen (secondary N) is 1. The van der Waals surface area contributed by atoms with Gasteiger partial charge in [0.1, 0.15) is 18.0 Å². The fourth-order valence-electron chi connectivity index (χ4n) is 2.29. The molecule has 0 radical (unpaired) electrons. The summed E-state index contributed by atoms with van der Waals surface area (Å²) < 4.78 is 54.1. The number of carbonyl (C=O) groups is 2. The Kier molecular flexibility index (Phi) is 7.15. The van der Waals surface area contributed by atoms with Crippen LogP contribution in [0.25, 0.3) is 0 Å². The molecule has 0 saturated heterocycles. The third-order valence-electron chi connectivity index (χ3n) is 3.71. The molecule has 2 aromatic rings. The molecule has 162 valence electrons. The monoisotopic (exact) mass is 458 g/mol. The first-order chi connectivity index (χ1) is 13.9. The molecule has 0 aliphatic rings. The molecule has 0 aromatic heterocycles. The van der Waals surface area contributed by atoms with Gasteiger partial charge in [0, 0.05) is 6.26 Å². The van der Waals surface area contributed by atoms with E-state index in [1.165, 1.54) is 41.9 Å². The molecule has 2 rings (SSSR count). The van der Waals surface area contributed by atoms with Crippen molar-refractivity contribution in [2.24, 2.45) is 0 Å². The molecule has 0 aliphatic carbocycles. The van der Waals surface area contributed by atoms with E-state index in [9.17, 15) is 26.4 Å². The van der Waals surface area contributed by atoms with E-state index in [1.54, 1.807) is 0 Å². The van der Waals surface area contributed by atoms with Crippen LogP contribution in [0.2, 0.25) is 0 Å². The van der Waals surface area contributed by atoms with Gasteiger partial charge in [0.05, 0.1) is 16.3 Å². The van der Waals surface area contributed by atoms with Gasteiger partial charge in [-0.05, 0) is 48.5 Å². The van der Waals surface area contributed by atoms with Gasteiger partial charge in [-0.15, -0.1) is 0 Å². The van der Waals surface area contributed by atoms with Crippen LogP contribution in [0, 0.1) is 0 Å². The van der Waals surface area contributed by atoms with E-state index in [-0.39, 0.29) is 15.5 Å². The summed E-state index contributed by atoms with van der Waals surface area (Å²) >= 11 is 0. The fourth-order valence-corrected chi connectivity index (χ4v) is 4.27. The van der Waals surface area contributed by atoms with Gasteiger partial charge in [-0.3, -0.25) is 14.8 Å². The van der Waals surface area contributed by atoms with Crippen molar-refractivity contribution in [2.75, 3.05) is 19.3 Å². The summed E-state index contributed by atoms with van der Waals surface area (Å²) in [4.78, 5) is 22.1. The van der Waals surface area contributed by atoms with Crippen LogP contribution in [0.4, 0.5) is 0 Å². The quantitative estimate of drug-likeness (QED) is 0.357. The van der Waals surface area contributed by atoms with Crippen LogP contribution < -0.4 is 10.2 Å². The average Bonchev–Trinajstić information content (AvgIpc) is 2.67. The molecule has 13 heteroatoms. The lowest BCUT2D eigenvalue weighted by atomic mass is 10.3. The number of aliphatic carboxylic acids is 1. The van der Waals surface area contributed by atoms with Gasteiger partial charge in [-0.1, -0.05) is 0 Å². The molecule has 11 nitrogen and oxygen atoms in total. The molecule has 30 heavy (non-hydrogen) atoms. The molecule has 0 unspecified atom stereocenters. The summed E-state index contributed by atoms with van der Waals surface area (Å²) in [5.74, 6) is -2.04. The van der Waals surface area contributed by atoms with Crippen LogP contribution >= 0.6 is 0 Å². The molecule has 0 bridgehead atoms. The number of hydrogen-bond donors (Lipinski definition) is 3. The van der Waals surface area contributed by atoms with E-state index in [1.807, 2.05) is 0 Å². The summed E-state index contributed by atoms with van der Waals surface area (Å²) in [7, 11) is -7.71. The number of carbonyl (C=O) groups excluding carboxylic acids is 1. The second-order valence-electron chi connectivity index (χ2n) is 6.02. The summed E-state index contributed by atoms with van der Waals surface area (Å²) in [5.41, 5.74) is 1.25. The Morgan fingerprint density at radius 1 is 0.900 bits per heavy atom. The standard InChI is InChI=1S/C17H18N2O9S2/c1-29(24,25)14-6-2-12(3-7-14)28-13-4-8-15(9-5-13)30(26,27)19(11-17(21)22)10-16(20)18-23/h2-9,23H,10-11H2,1H3,(H,18,20)(H,21,22). The Morgan fingerprint density at radius 2 is 1.37 bits per heavy atom. The number of nitrogens with zero attached hydrogens (tertiary/aromatic N) is 1. The number of ether oxygens (including phenoxy) is 1. The second-order valence-corrected chi connectivity index (χ2v) is 9.97.